The van der Waals surface area contributed by atoms with E-state index in [0.717, 1.165) is 22.7 Å². The molecule has 7 heteroatoms. The van der Waals surface area contributed by atoms with Crippen LogP contribution in [0.4, 0.5) is 0 Å². The van der Waals surface area contributed by atoms with Crippen LogP contribution in [0.1, 0.15) is 13.8 Å². The van der Waals surface area contributed by atoms with Crippen molar-refractivity contribution < 1.29 is 9.90 Å². The Bertz CT molecular complexity index is 929. The fourth-order valence-corrected chi connectivity index (χ4v) is 3.25. The first-order chi connectivity index (χ1) is 10.5. The minimum Gasteiger partial charge on any atom is -0.480 e. The number of aromatic nitrogens is 3. The number of carbonyl (C=O) groups is 1. The first kappa shape index (κ1) is 14.6. The predicted octanol–water partition coefficient (Wildman–Crippen LogP) is 2.46. The van der Waals surface area contributed by atoms with E-state index in [4.69, 9.17) is 5.11 Å². The van der Waals surface area contributed by atoms with Crippen LogP contribution < -0.4 is 5.56 Å². The van der Waals surface area contributed by atoms with Crippen molar-refractivity contribution in [2.75, 3.05) is 0 Å². The van der Waals surface area contributed by atoms with Gasteiger partial charge in [-0.25, -0.2) is 4.98 Å². The number of para-hydroxylation sites is 1. The number of nitrogens with zero attached hydrogens (tertiary/aromatic N) is 2. The topological polar surface area (TPSA) is 88.0 Å². The molecule has 0 amide bonds. The Morgan fingerprint density at radius 3 is 2.86 bits per heavy atom. The molecule has 0 radical (unpaired) electrons. The van der Waals surface area contributed by atoms with E-state index < -0.39 is 11.2 Å². The Hall–Kier alpha value is -2.28. The van der Waals surface area contributed by atoms with Crippen LogP contribution in [0.2, 0.25) is 0 Å². The molecular formula is C15H15N3O3S. The van der Waals surface area contributed by atoms with Crippen LogP contribution in [0.5, 0.6) is 0 Å². The second-order valence-electron chi connectivity index (χ2n) is 4.94. The second kappa shape index (κ2) is 5.49. The summed E-state index contributed by atoms with van der Waals surface area (Å²) in [6, 6.07) is 7.55. The number of benzene rings is 1. The Balaban J connectivity index is 2.29. The molecule has 0 unspecified atom stereocenters. The van der Waals surface area contributed by atoms with Gasteiger partial charge in [-0.1, -0.05) is 30.0 Å². The molecule has 2 heterocycles. The number of carboxylic acid groups (broad SMARTS) is 1. The fourth-order valence-electron chi connectivity index (χ4n) is 2.35. The zero-order valence-electron chi connectivity index (χ0n) is 12.2. The van der Waals surface area contributed by atoms with Crippen molar-refractivity contribution in [2.45, 2.75) is 30.8 Å². The molecular weight excluding hydrogens is 302 g/mol. The number of hydrogen-bond donors (Lipinski definition) is 2. The van der Waals surface area contributed by atoms with E-state index in [1.165, 1.54) is 4.57 Å². The zero-order chi connectivity index (χ0) is 15.9. The molecule has 0 aliphatic carbocycles. The minimum absolute atomic E-state index is 0.177. The quantitative estimate of drug-likeness (QED) is 0.570. The highest BCUT2D eigenvalue weighted by Crippen LogP contribution is 2.26. The lowest BCUT2D eigenvalue weighted by Gasteiger charge is -2.11. The van der Waals surface area contributed by atoms with Crippen LogP contribution in [-0.4, -0.2) is 30.9 Å². The zero-order valence-corrected chi connectivity index (χ0v) is 13.0. The summed E-state index contributed by atoms with van der Waals surface area (Å²) in [5.41, 5.74) is 1.71. The highest BCUT2D eigenvalue weighted by atomic mass is 32.2. The third-order valence-electron chi connectivity index (χ3n) is 3.52. The predicted molar refractivity (Wildman–Crippen MR) is 86.5 cm³/mol. The van der Waals surface area contributed by atoms with E-state index >= 15 is 0 Å². The van der Waals surface area contributed by atoms with E-state index in [2.05, 4.69) is 9.97 Å². The SMILES string of the molecule is CCn1c(S[C@@H](C)C(=O)O)nc2c([nH]c3ccccc32)c1=O. The Kier molecular flexibility index (Phi) is 3.66. The van der Waals surface area contributed by atoms with Gasteiger partial charge in [-0.3, -0.25) is 14.2 Å². The number of hydrogen-bond acceptors (Lipinski definition) is 4. The number of fused-ring (bicyclic) bond motifs is 3. The highest BCUT2D eigenvalue weighted by molar-refractivity contribution is 8.00. The molecule has 0 saturated carbocycles. The molecule has 3 aromatic rings. The maximum Gasteiger partial charge on any atom is 0.316 e. The molecule has 0 fully saturated rings. The van der Waals surface area contributed by atoms with Gasteiger partial charge < -0.3 is 10.1 Å². The third kappa shape index (κ3) is 2.27. The molecule has 0 aliphatic heterocycles. The maximum absolute atomic E-state index is 12.6. The summed E-state index contributed by atoms with van der Waals surface area (Å²) in [4.78, 5) is 31.4. The molecule has 1 aromatic carbocycles. The number of H-pyrrole nitrogens is 1. The van der Waals surface area contributed by atoms with Gasteiger partial charge >= 0.3 is 5.97 Å². The first-order valence-electron chi connectivity index (χ1n) is 6.93. The van der Waals surface area contributed by atoms with Gasteiger partial charge in [0.2, 0.25) is 0 Å². The first-order valence-corrected chi connectivity index (χ1v) is 7.81. The summed E-state index contributed by atoms with van der Waals surface area (Å²) in [6.45, 7) is 3.86. The molecule has 0 aliphatic rings. The average Bonchev–Trinajstić information content (AvgIpc) is 2.87. The molecule has 3 rings (SSSR count). The van der Waals surface area contributed by atoms with Gasteiger partial charge in [-0.15, -0.1) is 0 Å². The Morgan fingerprint density at radius 2 is 2.18 bits per heavy atom. The number of rotatable bonds is 4. The lowest BCUT2D eigenvalue weighted by atomic mass is 10.2. The molecule has 6 nitrogen and oxygen atoms in total. The normalized spacial score (nSPS) is 12.8. The molecule has 2 aromatic heterocycles. The van der Waals surface area contributed by atoms with Crippen molar-refractivity contribution in [2.24, 2.45) is 0 Å². The van der Waals surface area contributed by atoms with Gasteiger partial charge in [0, 0.05) is 17.4 Å². The van der Waals surface area contributed by atoms with E-state index in [1.54, 1.807) is 6.92 Å². The van der Waals surface area contributed by atoms with Gasteiger partial charge in [-0.05, 0) is 19.9 Å². The van der Waals surface area contributed by atoms with Crippen LogP contribution in [0, 0.1) is 0 Å². The minimum atomic E-state index is -0.930. The van der Waals surface area contributed by atoms with Crippen molar-refractivity contribution in [3.05, 3.63) is 34.6 Å². The molecule has 22 heavy (non-hydrogen) atoms. The lowest BCUT2D eigenvalue weighted by Crippen LogP contribution is -2.24. The number of nitrogens with one attached hydrogen (secondary N) is 1. The number of carboxylic acids is 1. The monoisotopic (exact) mass is 317 g/mol. The smallest absolute Gasteiger partial charge is 0.316 e. The number of aliphatic carboxylic acids is 1. The summed E-state index contributed by atoms with van der Waals surface area (Å²) >= 11 is 1.08. The second-order valence-corrected chi connectivity index (χ2v) is 6.24. The summed E-state index contributed by atoms with van der Waals surface area (Å²) in [7, 11) is 0. The van der Waals surface area contributed by atoms with E-state index in [9.17, 15) is 9.59 Å². The Morgan fingerprint density at radius 1 is 1.45 bits per heavy atom. The maximum atomic E-state index is 12.6. The van der Waals surface area contributed by atoms with E-state index in [1.807, 2.05) is 31.2 Å². The largest absolute Gasteiger partial charge is 0.480 e. The molecule has 2 N–H and O–H groups in total. The highest BCUT2D eigenvalue weighted by Gasteiger charge is 2.19. The van der Waals surface area contributed by atoms with Crippen molar-refractivity contribution in [1.82, 2.24) is 14.5 Å². The molecule has 0 bridgehead atoms. The van der Waals surface area contributed by atoms with Gasteiger partial charge in [0.25, 0.3) is 5.56 Å². The fraction of sp³-hybridized carbons (Fsp3) is 0.267. The average molecular weight is 317 g/mol. The molecule has 0 saturated heterocycles. The van der Waals surface area contributed by atoms with Crippen LogP contribution in [-0.2, 0) is 11.3 Å². The van der Waals surface area contributed by atoms with E-state index in [-0.39, 0.29) is 5.56 Å². The van der Waals surface area contributed by atoms with E-state index in [0.29, 0.717) is 22.7 Å². The van der Waals surface area contributed by atoms with Gasteiger partial charge in [-0.2, -0.15) is 0 Å². The van der Waals surface area contributed by atoms with Gasteiger partial charge in [0.1, 0.15) is 16.3 Å². The summed E-state index contributed by atoms with van der Waals surface area (Å²) < 4.78 is 1.50. The van der Waals surface area contributed by atoms with Crippen molar-refractivity contribution in [1.29, 1.82) is 0 Å². The standard InChI is InChI=1S/C15H15N3O3S/c1-3-18-13(19)12-11(9-6-4-5-7-10(9)16-12)17-15(18)22-8(2)14(20)21/h4-8,16H,3H2,1-2H3,(H,20,21)/t8-/m0/s1. The van der Waals surface area contributed by atoms with Crippen LogP contribution in [0.15, 0.2) is 34.2 Å². The van der Waals surface area contributed by atoms with Gasteiger partial charge in [0.05, 0.1) is 0 Å². The van der Waals surface area contributed by atoms with Crippen molar-refractivity contribution >= 4 is 39.7 Å². The number of aromatic amines is 1. The van der Waals surface area contributed by atoms with Crippen molar-refractivity contribution in [3.8, 4) is 0 Å². The van der Waals surface area contributed by atoms with Gasteiger partial charge in [0.15, 0.2) is 5.16 Å². The molecule has 0 spiro atoms. The summed E-state index contributed by atoms with van der Waals surface area (Å²) in [5, 5.41) is 9.70. The summed E-state index contributed by atoms with van der Waals surface area (Å²) in [6.07, 6.45) is 0. The molecule has 1 atom stereocenters. The van der Waals surface area contributed by atoms with Crippen LogP contribution in [0.25, 0.3) is 21.9 Å². The van der Waals surface area contributed by atoms with Crippen molar-refractivity contribution in [3.63, 3.8) is 0 Å². The third-order valence-corrected chi connectivity index (χ3v) is 4.60. The Labute approximate surface area is 130 Å². The van der Waals surface area contributed by atoms with Crippen LogP contribution in [0.3, 0.4) is 0 Å². The molecule has 114 valence electrons. The lowest BCUT2D eigenvalue weighted by molar-refractivity contribution is -0.136. The number of thioether (sulfide) groups is 1. The van der Waals surface area contributed by atoms with Crippen LogP contribution >= 0.6 is 11.8 Å². The summed E-state index contributed by atoms with van der Waals surface area (Å²) in [5.74, 6) is -0.930.